The van der Waals surface area contributed by atoms with Crippen molar-refractivity contribution in [1.82, 2.24) is 0 Å². The van der Waals surface area contributed by atoms with Crippen molar-refractivity contribution in [2.45, 2.75) is 40.0 Å². The summed E-state index contributed by atoms with van der Waals surface area (Å²) < 4.78 is 5.20. The molecule has 1 heterocycles. The Bertz CT molecular complexity index is 236. The van der Waals surface area contributed by atoms with Crippen molar-refractivity contribution in [3.63, 3.8) is 0 Å². The van der Waals surface area contributed by atoms with Crippen molar-refractivity contribution < 1.29 is 62.6 Å². The zero-order valence-corrected chi connectivity index (χ0v) is 13.8. The molecule has 0 spiro atoms. The average molecular weight is 237 g/mol. The van der Waals surface area contributed by atoms with E-state index < -0.39 is 0 Å². The van der Waals surface area contributed by atoms with E-state index in [1.807, 2.05) is 13.8 Å². The molecule has 1 rings (SSSR count). The Balaban J connectivity index is 0.00000121. The monoisotopic (exact) mass is 236 g/mol. The summed E-state index contributed by atoms with van der Waals surface area (Å²) in [6.07, 6.45) is 2.87. The van der Waals surface area contributed by atoms with Crippen LogP contribution in [0.3, 0.4) is 0 Å². The number of aryl methyl sites for hydroxylation is 2. The Morgan fingerprint density at radius 3 is 1.83 bits per heavy atom. The molecule has 0 aromatic carbocycles. The first-order chi connectivity index (χ1) is 4.93. The first-order valence-electron chi connectivity index (χ1n) is 3.91. The largest absolute Gasteiger partial charge is 1.00 e. The predicted octanol–water partition coefficient (Wildman–Crippen LogP) is -0.00187. The van der Waals surface area contributed by atoms with Crippen molar-refractivity contribution in [2.24, 2.45) is 0 Å². The third kappa shape index (κ3) is 2.79. The molecule has 0 aliphatic carbocycles. The van der Waals surface area contributed by atoms with Gasteiger partial charge < -0.3 is 4.42 Å². The van der Waals surface area contributed by atoms with Gasteiger partial charge in [-0.25, -0.2) is 0 Å². The van der Waals surface area contributed by atoms with Gasteiger partial charge >= 0.3 is 58.2 Å². The van der Waals surface area contributed by atoms with Crippen LogP contribution in [-0.4, -0.2) is 0 Å². The van der Waals surface area contributed by atoms with Crippen LogP contribution in [0.1, 0.15) is 37.7 Å². The molecule has 1 aromatic rings. The molecule has 0 radical (unpaired) electrons. The van der Waals surface area contributed by atoms with Crippen LogP contribution in [0.5, 0.6) is 0 Å². The van der Waals surface area contributed by atoms with Crippen molar-refractivity contribution in [3.8, 4) is 0 Å². The molecular formula is C10H15ORb. The van der Waals surface area contributed by atoms with Crippen LogP contribution in [0.25, 0.3) is 0 Å². The molecule has 0 amide bonds. The van der Waals surface area contributed by atoms with Gasteiger partial charge in [0.25, 0.3) is 0 Å². The summed E-state index contributed by atoms with van der Waals surface area (Å²) in [6.45, 7) is 10.6. The van der Waals surface area contributed by atoms with E-state index in [1.54, 1.807) is 0 Å². The van der Waals surface area contributed by atoms with E-state index in [4.69, 9.17) is 4.42 Å². The van der Waals surface area contributed by atoms with Crippen molar-refractivity contribution in [1.29, 1.82) is 0 Å². The number of hydrogen-bond acceptors (Lipinski definition) is 1. The fraction of sp³-hybridized carbons (Fsp3) is 0.600. The molecule has 0 atom stereocenters. The third-order valence-corrected chi connectivity index (χ3v) is 1.83. The fourth-order valence-corrected chi connectivity index (χ4v) is 1.61. The van der Waals surface area contributed by atoms with Crippen molar-refractivity contribution in [2.75, 3.05) is 0 Å². The molecule has 0 unspecified atom stereocenters. The van der Waals surface area contributed by atoms with Crippen molar-refractivity contribution >= 4 is 0 Å². The van der Waals surface area contributed by atoms with E-state index in [9.17, 15) is 0 Å². The van der Waals surface area contributed by atoms with E-state index in [-0.39, 0.29) is 63.6 Å². The second-order valence-electron chi connectivity index (χ2n) is 4.01. The summed E-state index contributed by atoms with van der Waals surface area (Å²) in [5.74, 6) is 0.995. The van der Waals surface area contributed by atoms with E-state index in [0.29, 0.717) is 0 Å². The summed E-state index contributed by atoms with van der Waals surface area (Å²) in [6, 6.07) is 0. The summed E-state index contributed by atoms with van der Waals surface area (Å²) in [5.41, 5.74) is 2.60. The number of hydrogen-bond donors (Lipinski definition) is 0. The van der Waals surface area contributed by atoms with Gasteiger partial charge in [0.05, 0.1) is 0 Å². The predicted molar refractivity (Wildman–Crippen MR) is 45.7 cm³/mol. The van der Waals surface area contributed by atoms with Gasteiger partial charge in [-0.1, -0.05) is 45.8 Å². The molecule has 62 valence electrons. The Hall–Kier alpha value is 1.09. The minimum absolute atomic E-state index is 0. The smallest absolute Gasteiger partial charge is 0.595 e. The molecule has 0 saturated heterocycles. The maximum atomic E-state index is 5.20. The fourth-order valence-electron chi connectivity index (χ4n) is 1.61. The second-order valence-corrected chi connectivity index (χ2v) is 4.01. The van der Waals surface area contributed by atoms with Gasteiger partial charge in [-0.3, -0.25) is 0 Å². The van der Waals surface area contributed by atoms with Crippen LogP contribution in [0, 0.1) is 20.1 Å². The van der Waals surface area contributed by atoms with E-state index in [0.717, 1.165) is 11.3 Å². The molecule has 0 fully saturated rings. The van der Waals surface area contributed by atoms with Gasteiger partial charge in [-0.2, -0.15) is 5.56 Å². The molecule has 2 heteroatoms. The SMILES string of the molecule is Cc1[c-]oc(C)c1C(C)(C)C.[Rb+]. The normalized spacial score (nSPS) is 11.1. The Kier molecular flexibility index (Phi) is 4.95. The second kappa shape index (κ2) is 4.54. The quantitative estimate of drug-likeness (QED) is 0.578. The molecule has 0 bridgehead atoms. The number of furan rings is 1. The van der Waals surface area contributed by atoms with E-state index >= 15 is 0 Å². The standard InChI is InChI=1S/C10H15O.Rb/c1-7-6-11-8(2)9(7)10(3,4)5;/h1-5H3;/q-1;+1. The average Bonchev–Trinajstić information content (AvgIpc) is 2.08. The minimum atomic E-state index is 0. The van der Waals surface area contributed by atoms with Crippen LogP contribution in [-0.2, 0) is 5.41 Å². The molecule has 0 N–H and O–H groups in total. The maximum Gasteiger partial charge on any atom is 1.00 e. The molecule has 0 aliphatic rings. The van der Waals surface area contributed by atoms with Crippen LogP contribution < -0.4 is 58.2 Å². The van der Waals surface area contributed by atoms with Gasteiger partial charge in [0, 0.05) is 0 Å². The molecule has 1 aromatic heterocycles. The van der Waals surface area contributed by atoms with Gasteiger partial charge in [0.2, 0.25) is 0 Å². The molecule has 0 aliphatic heterocycles. The van der Waals surface area contributed by atoms with Crippen LogP contribution in [0.2, 0.25) is 0 Å². The summed E-state index contributed by atoms with van der Waals surface area (Å²) >= 11 is 0. The maximum absolute atomic E-state index is 5.20. The first kappa shape index (κ1) is 13.1. The van der Waals surface area contributed by atoms with Crippen LogP contribution >= 0.6 is 0 Å². The van der Waals surface area contributed by atoms with Crippen LogP contribution in [0.4, 0.5) is 0 Å². The topological polar surface area (TPSA) is 13.1 Å². The zero-order chi connectivity index (χ0) is 8.65. The van der Waals surface area contributed by atoms with Gasteiger partial charge in [0.1, 0.15) is 0 Å². The Morgan fingerprint density at radius 1 is 1.17 bits per heavy atom. The Morgan fingerprint density at radius 2 is 1.67 bits per heavy atom. The minimum Gasteiger partial charge on any atom is -0.595 e. The molecule has 1 nitrogen and oxygen atoms in total. The van der Waals surface area contributed by atoms with E-state index in [1.165, 1.54) is 5.56 Å². The first-order valence-corrected chi connectivity index (χ1v) is 3.91. The summed E-state index contributed by atoms with van der Waals surface area (Å²) in [7, 11) is 0. The third-order valence-electron chi connectivity index (χ3n) is 1.83. The van der Waals surface area contributed by atoms with Gasteiger partial charge in [-0.05, 0) is 6.26 Å². The van der Waals surface area contributed by atoms with Gasteiger partial charge in [-0.15, -0.1) is 5.56 Å². The molecular weight excluding hydrogens is 222 g/mol. The Labute approximate surface area is 124 Å². The molecule has 0 saturated carbocycles. The zero-order valence-electron chi connectivity index (χ0n) is 8.91. The van der Waals surface area contributed by atoms with Crippen LogP contribution in [0.15, 0.2) is 4.42 Å². The summed E-state index contributed by atoms with van der Waals surface area (Å²) in [5, 5.41) is 0. The van der Waals surface area contributed by atoms with Gasteiger partial charge in [0.15, 0.2) is 0 Å². The summed E-state index contributed by atoms with van der Waals surface area (Å²) in [4.78, 5) is 0. The molecule has 12 heavy (non-hydrogen) atoms. The van der Waals surface area contributed by atoms with E-state index in [2.05, 4.69) is 27.0 Å². The number of rotatable bonds is 0. The van der Waals surface area contributed by atoms with Crippen molar-refractivity contribution in [3.05, 3.63) is 23.2 Å².